The summed E-state index contributed by atoms with van der Waals surface area (Å²) in [5.41, 5.74) is 2.79. The van der Waals surface area contributed by atoms with E-state index in [1.54, 1.807) is 12.1 Å². The number of nitro groups is 1. The van der Waals surface area contributed by atoms with Crippen LogP contribution in [0.15, 0.2) is 58.9 Å². The standard InChI is InChI=1S/C20H18ClN3O3S/c21-15-5-7-16(8-6-15)22-20-23(12-18-2-1-11-27-18)19(13-28-20)14-3-9-17(10-4-14)24(25)26/h3-10,13,18H,1-2,11-12H2. The quantitative estimate of drug-likeness (QED) is 0.425. The molecule has 3 aromatic rings. The molecule has 1 saturated heterocycles. The van der Waals surface area contributed by atoms with Crippen molar-refractivity contribution in [1.82, 2.24) is 4.57 Å². The summed E-state index contributed by atoms with van der Waals surface area (Å²) in [5, 5.41) is 13.6. The zero-order chi connectivity index (χ0) is 19.5. The highest BCUT2D eigenvalue weighted by atomic mass is 35.5. The number of hydrogen-bond acceptors (Lipinski definition) is 5. The summed E-state index contributed by atoms with van der Waals surface area (Å²) in [4.78, 5) is 16.2. The SMILES string of the molecule is O=[N+]([O-])c1ccc(-c2csc(=Nc3ccc(Cl)cc3)n2CC2CCCO2)cc1. The molecule has 0 saturated carbocycles. The van der Waals surface area contributed by atoms with Gasteiger partial charge in [0.15, 0.2) is 4.80 Å². The number of hydrogen-bond donors (Lipinski definition) is 0. The topological polar surface area (TPSA) is 69.7 Å². The molecule has 0 aliphatic carbocycles. The maximum atomic E-state index is 10.9. The molecule has 2 heterocycles. The Balaban J connectivity index is 1.76. The van der Waals surface area contributed by atoms with Crippen LogP contribution >= 0.6 is 22.9 Å². The highest BCUT2D eigenvalue weighted by Gasteiger charge is 2.19. The first-order valence-electron chi connectivity index (χ1n) is 8.95. The molecule has 144 valence electrons. The molecule has 0 N–H and O–H groups in total. The van der Waals surface area contributed by atoms with Crippen molar-refractivity contribution in [3.63, 3.8) is 0 Å². The minimum atomic E-state index is -0.390. The third kappa shape index (κ3) is 4.16. The number of non-ortho nitro benzene ring substituents is 1. The maximum absolute atomic E-state index is 10.9. The number of rotatable bonds is 5. The molecule has 6 nitrogen and oxygen atoms in total. The lowest BCUT2D eigenvalue weighted by Crippen LogP contribution is -2.24. The Bertz CT molecular complexity index is 1040. The fourth-order valence-corrected chi connectivity index (χ4v) is 4.26. The highest BCUT2D eigenvalue weighted by Crippen LogP contribution is 2.25. The van der Waals surface area contributed by atoms with Gasteiger partial charge in [-0.15, -0.1) is 11.3 Å². The van der Waals surface area contributed by atoms with Gasteiger partial charge in [-0.05, 0) is 54.8 Å². The molecule has 1 fully saturated rings. The summed E-state index contributed by atoms with van der Waals surface area (Å²) >= 11 is 7.51. The summed E-state index contributed by atoms with van der Waals surface area (Å²) in [6.07, 6.45) is 2.23. The summed E-state index contributed by atoms with van der Waals surface area (Å²) in [6, 6.07) is 14.0. The van der Waals surface area contributed by atoms with Crippen LogP contribution in [-0.2, 0) is 11.3 Å². The van der Waals surface area contributed by atoms with Gasteiger partial charge in [-0.1, -0.05) is 11.6 Å². The zero-order valence-corrected chi connectivity index (χ0v) is 16.5. The number of benzene rings is 2. The summed E-state index contributed by atoms with van der Waals surface area (Å²) in [5.74, 6) is 0. The van der Waals surface area contributed by atoms with Crippen molar-refractivity contribution in [2.24, 2.45) is 4.99 Å². The van der Waals surface area contributed by atoms with Crippen molar-refractivity contribution < 1.29 is 9.66 Å². The van der Waals surface area contributed by atoms with Crippen LogP contribution in [0.4, 0.5) is 11.4 Å². The smallest absolute Gasteiger partial charge is 0.269 e. The fourth-order valence-electron chi connectivity index (χ4n) is 3.20. The van der Waals surface area contributed by atoms with E-state index in [0.717, 1.165) is 41.2 Å². The van der Waals surface area contributed by atoms with Crippen LogP contribution in [0.2, 0.25) is 5.02 Å². The van der Waals surface area contributed by atoms with Gasteiger partial charge in [0.25, 0.3) is 5.69 Å². The van der Waals surface area contributed by atoms with Crippen LogP contribution in [-0.4, -0.2) is 22.2 Å². The van der Waals surface area contributed by atoms with Gasteiger partial charge >= 0.3 is 0 Å². The first-order chi connectivity index (χ1) is 13.6. The molecular formula is C20H18ClN3O3S. The van der Waals surface area contributed by atoms with Gasteiger partial charge < -0.3 is 9.30 Å². The average molecular weight is 416 g/mol. The third-order valence-corrected chi connectivity index (χ3v) is 5.75. The number of ether oxygens (including phenoxy) is 1. The van der Waals surface area contributed by atoms with Gasteiger partial charge in [-0.2, -0.15) is 0 Å². The first-order valence-corrected chi connectivity index (χ1v) is 10.2. The molecule has 1 aromatic heterocycles. The van der Waals surface area contributed by atoms with Gasteiger partial charge in [-0.3, -0.25) is 10.1 Å². The minimum Gasteiger partial charge on any atom is -0.376 e. The van der Waals surface area contributed by atoms with Crippen LogP contribution in [0.1, 0.15) is 12.8 Å². The van der Waals surface area contributed by atoms with E-state index in [9.17, 15) is 10.1 Å². The molecule has 1 aliphatic rings. The summed E-state index contributed by atoms with van der Waals surface area (Å²) in [7, 11) is 0. The molecule has 1 atom stereocenters. The third-order valence-electron chi connectivity index (χ3n) is 4.63. The van der Waals surface area contributed by atoms with E-state index in [-0.39, 0.29) is 16.7 Å². The van der Waals surface area contributed by atoms with Gasteiger partial charge in [0.2, 0.25) is 0 Å². The second-order valence-corrected chi connectivity index (χ2v) is 7.81. The van der Waals surface area contributed by atoms with E-state index in [0.29, 0.717) is 11.6 Å². The lowest BCUT2D eigenvalue weighted by Gasteiger charge is -2.14. The normalized spacial score (nSPS) is 17.2. The predicted molar refractivity (Wildman–Crippen MR) is 110 cm³/mol. The van der Waals surface area contributed by atoms with Crippen molar-refractivity contribution in [2.45, 2.75) is 25.5 Å². The highest BCUT2D eigenvalue weighted by molar-refractivity contribution is 7.07. The number of aromatic nitrogens is 1. The van der Waals surface area contributed by atoms with E-state index in [2.05, 4.69) is 4.57 Å². The zero-order valence-electron chi connectivity index (χ0n) is 15.0. The molecule has 8 heteroatoms. The second-order valence-electron chi connectivity index (χ2n) is 6.54. The Labute approximate surface area is 170 Å². The number of nitrogens with zero attached hydrogens (tertiary/aromatic N) is 3. The van der Waals surface area contributed by atoms with Crippen LogP contribution in [0, 0.1) is 10.1 Å². The van der Waals surface area contributed by atoms with Crippen molar-refractivity contribution in [2.75, 3.05) is 6.61 Å². The van der Waals surface area contributed by atoms with Gasteiger partial charge in [0, 0.05) is 29.1 Å². The summed E-state index contributed by atoms with van der Waals surface area (Å²) < 4.78 is 7.96. The molecule has 0 bridgehead atoms. The Hall–Kier alpha value is -2.48. The molecule has 1 unspecified atom stereocenters. The molecule has 28 heavy (non-hydrogen) atoms. The number of thiazole rings is 1. The Kier molecular flexibility index (Phi) is 5.57. The molecular weight excluding hydrogens is 398 g/mol. The molecule has 4 rings (SSSR count). The number of nitro benzene ring substituents is 1. The van der Waals surface area contributed by atoms with Crippen LogP contribution < -0.4 is 4.80 Å². The maximum Gasteiger partial charge on any atom is 0.269 e. The lowest BCUT2D eigenvalue weighted by molar-refractivity contribution is -0.384. The molecule has 0 amide bonds. The van der Waals surface area contributed by atoms with E-state index in [1.807, 2.05) is 29.6 Å². The van der Waals surface area contributed by atoms with E-state index in [1.165, 1.54) is 23.5 Å². The average Bonchev–Trinajstić information content (AvgIpc) is 3.35. The van der Waals surface area contributed by atoms with Gasteiger partial charge in [-0.25, -0.2) is 4.99 Å². The minimum absolute atomic E-state index is 0.0794. The monoisotopic (exact) mass is 415 g/mol. The van der Waals surface area contributed by atoms with E-state index < -0.39 is 0 Å². The Morgan fingerprint density at radius 3 is 2.61 bits per heavy atom. The molecule has 2 aromatic carbocycles. The largest absolute Gasteiger partial charge is 0.376 e. The Morgan fingerprint density at radius 2 is 1.96 bits per heavy atom. The van der Waals surface area contributed by atoms with Crippen molar-refractivity contribution in [3.8, 4) is 11.3 Å². The van der Waals surface area contributed by atoms with Gasteiger partial charge in [0.05, 0.1) is 29.0 Å². The van der Waals surface area contributed by atoms with Crippen LogP contribution in [0.25, 0.3) is 11.3 Å². The second kappa shape index (κ2) is 8.26. The number of halogens is 1. The predicted octanol–water partition coefficient (Wildman–Crippen LogP) is 5.19. The fraction of sp³-hybridized carbons (Fsp3) is 0.250. The van der Waals surface area contributed by atoms with Crippen molar-refractivity contribution in [3.05, 3.63) is 73.8 Å². The lowest BCUT2D eigenvalue weighted by atomic mass is 10.1. The van der Waals surface area contributed by atoms with E-state index in [4.69, 9.17) is 21.3 Å². The van der Waals surface area contributed by atoms with Crippen molar-refractivity contribution >= 4 is 34.3 Å². The van der Waals surface area contributed by atoms with Gasteiger partial charge in [0.1, 0.15) is 0 Å². The Morgan fingerprint density at radius 1 is 1.21 bits per heavy atom. The molecule has 0 spiro atoms. The molecule has 1 aliphatic heterocycles. The van der Waals surface area contributed by atoms with Crippen molar-refractivity contribution in [1.29, 1.82) is 0 Å². The molecule has 0 radical (unpaired) electrons. The van der Waals surface area contributed by atoms with Crippen LogP contribution in [0.5, 0.6) is 0 Å². The van der Waals surface area contributed by atoms with Crippen LogP contribution in [0.3, 0.4) is 0 Å². The first kappa shape index (κ1) is 18.9. The summed E-state index contributed by atoms with van der Waals surface area (Å²) in [6.45, 7) is 1.48. The van der Waals surface area contributed by atoms with E-state index >= 15 is 0 Å².